The van der Waals surface area contributed by atoms with Gasteiger partial charge in [-0.2, -0.15) is 0 Å². The van der Waals surface area contributed by atoms with Crippen molar-refractivity contribution in [2.24, 2.45) is 0 Å². The summed E-state index contributed by atoms with van der Waals surface area (Å²) < 4.78 is 3.14. The van der Waals surface area contributed by atoms with Crippen LogP contribution in [0.2, 0.25) is 0 Å². The van der Waals surface area contributed by atoms with Crippen LogP contribution in [-0.4, -0.2) is 33.0 Å². The number of rotatable bonds is 2. The molecule has 0 aliphatic carbocycles. The molecular formula is C16H21Ge2. The van der Waals surface area contributed by atoms with E-state index in [1.165, 1.54) is 22.3 Å². The van der Waals surface area contributed by atoms with E-state index >= 15 is 0 Å². The van der Waals surface area contributed by atoms with Crippen LogP contribution in [0.4, 0.5) is 0 Å². The Balaban J connectivity index is 0.00000162. The standard InChI is InChI=1S/C16H18Ge.GeH3/c1-11-7-5-9-15(13(11)3)17-16-10-6-8-12(2)14(16)4;/h5-10H,1-4H3;1H3. The molecule has 0 fully saturated rings. The molecule has 0 saturated heterocycles. The van der Waals surface area contributed by atoms with Gasteiger partial charge in [0.05, 0.1) is 0 Å². The summed E-state index contributed by atoms with van der Waals surface area (Å²) in [5.74, 6) is 0. The Hall–Kier alpha value is -0.474. The van der Waals surface area contributed by atoms with E-state index in [-0.39, 0.29) is 33.0 Å². The Bertz CT molecular complexity index is 495. The first-order valence-corrected chi connectivity index (χ1v) is 8.09. The molecule has 2 rings (SSSR count). The molecule has 0 amide bonds. The topological polar surface area (TPSA) is 0 Å². The summed E-state index contributed by atoms with van der Waals surface area (Å²) in [6.45, 7) is 8.90. The van der Waals surface area contributed by atoms with Gasteiger partial charge in [0.15, 0.2) is 0 Å². The Labute approximate surface area is 128 Å². The van der Waals surface area contributed by atoms with Gasteiger partial charge in [-0.05, 0) is 0 Å². The van der Waals surface area contributed by atoms with Crippen molar-refractivity contribution in [2.45, 2.75) is 27.7 Å². The second-order valence-corrected chi connectivity index (χ2v) is 7.40. The van der Waals surface area contributed by atoms with Crippen molar-refractivity contribution in [3.8, 4) is 0 Å². The minimum atomic E-state index is -0.197. The number of aryl methyl sites for hydroxylation is 2. The molecule has 0 N–H and O–H groups in total. The molecule has 0 aromatic heterocycles. The molecule has 2 aromatic rings. The fraction of sp³-hybridized carbons (Fsp3) is 0.250. The number of hydrogen-bond donors (Lipinski definition) is 0. The SMILES string of the molecule is Cc1ccc[c]([Ge][c]2cccc(C)c2C)c1C.[GeH3]. The molecule has 0 saturated carbocycles. The van der Waals surface area contributed by atoms with Crippen LogP contribution in [0, 0.1) is 27.7 Å². The van der Waals surface area contributed by atoms with Crippen LogP contribution in [0.25, 0.3) is 0 Å². The van der Waals surface area contributed by atoms with Gasteiger partial charge in [0.2, 0.25) is 0 Å². The molecule has 3 radical (unpaired) electrons. The average Bonchev–Trinajstić information content (AvgIpc) is 2.31. The second kappa shape index (κ2) is 6.62. The molecule has 0 aliphatic heterocycles. The summed E-state index contributed by atoms with van der Waals surface area (Å²) in [5, 5.41) is 0. The van der Waals surface area contributed by atoms with Crippen molar-refractivity contribution in [2.75, 3.05) is 0 Å². The third kappa shape index (κ3) is 3.30. The van der Waals surface area contributed by atoms with Crippen molar-refractivity contribution in [3.05, 3.63) is 58.7 Å². The van der Waals surface area contributed by atoms with Gasteiger partial charge in [-0.1, -0.05) is 0 Å². The Morgan fingerprint density at radius 3 is 1.44 bits per heavy atom. The van der Waals surface area contributed by atoms with Crippen molar-refractivity contribution in [3.63, 3.8) is 0 Å². The van der Waals surface area contributed by atoms with Gasteiger partial charge in [-0.3, -0.25) is 0 Å². The molecule has 0 unspecified atom stereocenters. The van der Waals surface area contributed by atoms with Gasteiger partial charge < -0.3 is 0 Å². The predicted molar refractivity (Wildman–Crippen MR) is 86.8 cm³/mol. The summed E-state index contributed by atoms with van der Waals surface area (Å²) in [7, 11) is 0. The fourth-order valence-electron chi connectivity index (χ4n) is 1.92. The normalized spacial score (nSPS) is 10.0. The molecular weight excluding hydrogens is 337 g/mol. The Morgan fingerprint density at radius 1 is 0.667 bits per heavy atom. The molecule has 2 aromatic carbocycles. The van der Waals surface area contributed by atoms with Gasteiger partial charge in [0.25, 0.3) is 0 Å². The van der Waals surface area contributed by atoms with Crippen molar-refractivity contribution in [1.29, 1.82) is 0 Å². The van der Waals surface area contributed by atoms with E-state index in [9.17, 15) is 0 Å². The number of hydrogen-bond acceptors (Lipinski definition) is 0. The predicted octanol–water partition coefficient (Wildman–Crippen LogP) is 1.39. The quantitative estimate of drug-likeness (QED) is 0.712. The van der Waals surface area contributed by atoms with Crippen LogP contribution >= 0.6 is 0 Å². The van der Waals surface area contributed by atoms with E-state index in [1.807, 2.05) is 0 Å². The van der Waals surface area contributed by atoms with E-state index in [0.717, 1.165) is 0 Å². The van der Waals surface area contributed by atoms with Gasteiger partial charge in [0, 0.05) is 0 Å². The second-order valence-electron chi connectivity index (χ2n) is 4.62. The average molecular weight is 359 g/mol. The van der Waals surface area contributed by atoms with Gasteiger partial charge in [0.1, 0.15) is 0 Å². The minimum absolute atomic E-state index is 0. The third-order valence-corrected chi connectivity index (χ3v) is 6.88. The zero-order valence-electron chi connectivity index (χ0n) is 12.0. The summed E-state index contributed by atoms with van der Waals surface area (Å²) in [4.78, 5) is 0. The maximum absolute atomic E-state index is 2.30. The van der Waals surface area contributed by atoms with Gasteiger partial charge in [-0.25, -0.2) is 0 Å². The zero-order valence-corrected chi connectivity index (χ0v) is 18.3. The van der Waals surface area contributed by atoms with Crippen LogP contribution in [0.5, 0.6) is 0 Å². The molecule has 0 aliphatic rings. The van der Waals surface area contributed by atoms with Crippen LogP contribution in [-0.2, 0) is 0 Å². The number of benzene rings is 2. The van der Waals surface area contributed by atoms with Crippen LogP contribution in [0.1, 0.15) is 22.3 Å². The summed E-state index contributed by atoms with van der Waals surface area (Å²) >= 11 is -0.197. The van der Waals surface area contributed by atoms with E-state index in [1.54, 1.807) is 8.79 Å². The molecule has 18 heavy (non-hydrogen) atoms. The van der Waals surface area contributed by atoms with Gasteiger partial charge in [-0.15, -0.1) is 0 Å². The van der Waals surface area contributed by atoms with E-state index in [2.05, 4.69) is 64.1 Å². The van der Waals surface area contributed by atoms with Gasteiger partial charge >= 0.3 is 128 Å². The Morgan fingerprint density at radius 2 is 1.06 bits per heavy atom. The third-order valence-electron chi connectivity index (χ3n) is 3.48. The molecule has 0 heterocycles. The van der Waals surface area contributed by atoms with Crippen LogP contribution < -0.4 is 8.79 Å². The van der Waals surface area contributed by atoms with Crippen molar-refractivity contribution >= 4 is 41.8 Å². The van der Waals surface area contributed by atoms with Crippen molar-refractivity contribution < 1.29 is 0 Å². The van der Waals surface area contributed by atoms with Crippen LogP contribution in [0.3, 0.4) is 0 Å². The zero-order chi connectivity index (χ0) is 12.4. The molecule has 0 nitrogen and oxygen atoms in total. The summed E-state index contributed by atoms with van der Waals surface area (Å²) in [6, 6.07) is 13.4. The molecule has 0 spiro atoms. The maximum atomic E-state index is 2.30. The van der Waals surface area contributed by atoms with E-state index < -0.39 is 0 Å². The van der Waals surface area contributed by atoms with E-state index in [0.29, 0.717) is 0 Å². The Kier molecular flexibility index (Phi) is 5.73. The fourth-order valence-corrected chi connectivity index (χ4v) is 4.89. The van der Waals surface area contributed by atoms with Crippen LogP contribution in [0.15, 0.2) is 36.4 Å². The first-order valence-electron chi connectivity index (χ1n) is 5.99. The first kappa shape index (κ1) is 15.6. The van der Waals surface area contributed by atoms with E-state index in [4.69, 9.17) is 0 Å². The summed E-state index contributed by atoms with van der Waals surface area (Å²) in [6.07, 6.45) is 0. The molecule has 0 bridgehead atoms. The molecule has 2 heteroatoms. The molecule has 93 valence electrons. The molecule has 0 atom stereocenters. The van der Waals surface area contributed by atoms with Crippen molar-refractivity contribution in [1.82, 2.24) is 0 Å². The summed E-state index contributed by atoms with van der Waals surface area (Å²) in [5.41, 5.74) is 5.79. The monoisotopic (exact) mass is 361 g/mol. The first-order chi connectivity index (χ1) is 8.09.